The fourth-order valence-electron chi connectivity index (χ4n) is 4.11. The molecule has 4 heteroatoms. The van der Waals surface area contributed by atoms with Crippen molar-refractivity contribution < 1.29 is 9.18 Å². The lowest BCUT2D eigenvalue weighted by Gasteiger charge is -2.27. The highest BCUT2D eigenvalue weighted by molar-refractivity contribution is 5.90. The Labute approximate surface area is 188 Å². The van der Waals surface area contributed by atoms with Crippen LogP contribution in [-0.2, 0) is 17.6 Å². The maximum atomic E-state index is 13.7. The molecule has 0 unspecified atom stereocenters. The van der Waals surface area contributed by atoms with E-state index in [1.165, 1.54) is 12.1 Å². The number of likely N-dealkylation sites (N-methyl/N-ethyl adjacent to an activating group) is 1. The third-order valence-electron chi connectivity index (χ3n) is 5.66. The lowest BCUT2D eigenvalue weighted by Crippen LogP contribution is -2.44. The summed E-state index contributed by atoms with van der Waals surface area (Å²) >= 11 is 0. The molecule has 4 aromatic carbocycles. The lowest BCUT2D eigenvalue weighted by molar-refractivity contribution is -0.121. The van der Waals surface area contributed by atoms with E-state index in [4.69, 9.17) is 0 Å². The largest absolute Gasteiger partial charge is 0.372 e. The first-order valence-corrected chi connectivity index (χ1v) is 10.8. The summed E-state index contributed by atoms with van der Waals surface area (Å²) in [6, 6.07) is 30.7. The van der Waals surface area contributed by atoms with Gasteiger partial charge in [-0.25, -0.2) is 4.39 Å². The molecule has 0 radical (unpaired) electrons. The van der Waals surface area contributed by atoms with Gasteiger partial charge >= 0.3 is 0 Å². The summed E-state index contributed by atoms with van der Waals surface area (Å²) < 4.78 is 13.7. The van der Waals surface area contributed by atoms with Gasteiger partial charge in [0.25, 0.3) is 0 Å². The Bertz CT molecular complexity index is 1190. The smallest absolute Gasteiger partial charge is 0.224 e. The third kappa shape index (κ3) is 5.52. The first-order chi connectivity index (χ1) is 15.6. The number of benzene rings is 4. The molecular formula is C28H27FN2O. The number of carbonyl (C=O) groups is 1. The SMILES string of the molecule is CN(C[C@H](Cc1ccccc1)NC(=O)Cc1cccc2ccccc12)c1cccc(F)c1. The molecule has 3 nitrogen and oxygen atoms in total. The second-order valence-corrected chi connectivity index (χ2v) is 8.13. The van der Waals surface area contributed by atoms with Crippen LogP contribution in [0.25, 0.3) is 10.8 Å². The van der Waals surface area contributed by atoms with Gasteiger partial charge in [0.05, 0.1) is 12.5 Å². The minimum absolute atomic E-state index is 0.0186. The number of rotatable bonds is 8. The number of halogens is 1. The Morgan fingerprint density at radius 3 is 2.44 bits per heavy atom. The summed E-state index contributed by atoms with van der Waals surface area (Å²) in [6.07, 6.45) is 1.01. The van der Waals surface area contributed by atoms with Gasteiger partial charge in [-0.1, -0.05) is 78.9 Å². The Hall–Kier alpha value is -3.66. The number of hydrogen-bond acceptors (Lipinski definition) is 2. The molecule has 1 amide bonds. The number of hydrogen-bond donors (Lipinski definition) is 1. The van der Waals surface area contributed by atoms with Crippen molar-refractivity contribution in [2.24, 2.45) is 0 Å². The van der Waals surface area contributed by atoms with Crippen LogP contribution in [0.2, 0.25) is 0 Å². The molecule has 1 atom stereocenters. The van der Waals surface area contributed by atoms with Crippen LogP contribution in [0.15, 0.2) is 97.1 Å². The number of nitrogens with one attached hydrogen (secondary N) is 1. The Morgan fingerprint density at radius 1 is 0.906 bits per heavy atom. The topological polar surface area (TPSA) is 32.3 Å². The van der Waals surface area contributed by atoms with Gasteiger partial charge in [0.2, 0.25) is 5.91 Å². The molecule has 162 valence electrons. The molecule has 0 saturated carbocycles. The zero-order valence-corrected chi connectivity index (χ0v) is 18.2. The van der Waals surface area contributed by atoms with E-state index in [1.807, 2.05) is 60.5 Å². The molecule has 0 fully saturated rings. The van der Waals surface area contributed by atoms with E-state index >= 15 is 0 Å². The van der Waals surface area contributed by atoms with E-state index in [0.717, 1.165) is 27.6 Å². The van der Waals surface area contributed by atoms with E-state index < -0.39 is 0 Å². The Balaban J connectivity index is 1.50. The average molecular weight is 427 g/mol. The quantitative estimate of drug-likeness (QED) is 0.410. The molecule has 0 aliphatic carbocycles. The molecule has 0 saturated heterocycles. The molecule has 1 N–H and O–H groups in total. The van der Waals surface area contributed by atoms with Crippen molar-refractivity contribution >= 4 is 22.4 Å². The Kier molecular flexibility index (Phi) is 6.81. The summed E-state index contributed by atoms with van der Waals surface area (Å²) in [5.74, 6) is -0.288. The van der Waals surface area contributed by atoms with Gasteiger partial charge < -0.3 is 10.2 Å². The fourth-order valence-corrected chi connectivity index (χ4v) is 4.11. The van der Waals surface area contributed by atoms with E-state index in [2.05, 4.69) is 35.6 Å². The van der Waals surface area contributed by atoms with Crippen LogP contribution in [0.1, 0.15) is 11.1 Å². The van der Waals surface area contributed by atoms with Crippen molar-refractivity contribution in [1.29, 1.82) is 0 Å². The fraction of sp³-hybridized carbons (Fsp3) is 0.179. The summed E-state index contributed by atoms with van der Waals surface area (Å²) in [5.41, 5.74) is 2.94. The highest BCUT2D eigenvalue weighted by Crippen LogP contribution is 2.19. The van der Waals surface area contributed by atoms with E-state index in [-0.39, 0.29) is 17.8 Å². The molecule has 0 bridgehead atoms. The van der Waals surface area contributed by atoms with Gasteiger partial charge in [-0.2, -0.15) is 0 Å². The number of carbonyl (C=O) groups excluding carboxylic acids is 1. The van der Waals surface area contributed by atoms with Crippen molar-refractivity contribution in [1.82, 2.24) is 5.32 Å². The molecule has 0 heterocycles. The van der Waals surface area contributed by atoms with Crippen molar-refractivity contribution in [3.63, 3.8) is 0 Å². The molecule has 4 rings (SSSR count). The van der Waals surface area contributed by atoms with E-state index in [1.54, 1.807) is 6.07 Å². The zero-order valence-electron chi connectivity index (χ0n) is 18.2. The second-order valence-electron chi connectivity index (χ2n) is 8.13. The summed E-state index contributed by atoms with van der Waals surface area (Å²) in [5, 5.41) is 5.45. The Morgan fingerprint density at radius 2 is 1.62 bits per heavy atom. The summed E-state index contributed by atoms with van der Waals surface area (Å²) in [7, 11) is 1.92. The van der Waals surface area contributed by atoms with Gasteiger partial charge in [-0.15, -0.1) is 0 Å². The highest BCUT2D eigenvalue weighted by Gasteiger charge is 2.17. The van der Waals surface area contributed by atoms with Crippen molar-refractivity contribution in [3.8, 4) is 0 Å². The van der Waals surface area contributed by atoms with Gasteiger partial charge in [-0.05, 0) is 46.5 Å². The summed E-state index contributed by atoms with van der Waals surface area (Å²) in [6.45, 7) is 0.569. The van der Waals surface area contributed by atoms with Gasteiger partial charge in [0.15, 0.2) is 0 Å². The van der Waals surface area contributed by atoms with Crippen molar-refractivity contribution in [2.45, 2.75) is 18.9 Å². The highest BCUT2D eigenvalue weighted by atomic mass is 19.1. The molecule has 32 heavy (non-hydrogen) atoms. The molecule has 0 spiro atoms. The second kappa shape index (κ2) is 10.1. The van der Waals surface area contributed by atoms with Crippen LogP contribution in [0.5, 0.6) is 0 Å². The van der Waals surface area contributed by atoms with Gasteiger partial charge in [-0.3, -0.25) is 4.79 Å². The average Bonchev–Trinajstić information content (AvgIpc) is 2.80. The van der Waals surface area contributed by atoms with Gasteiger partial charge in [0.1, 0.15) is 5.82 Å². The third-order valence-corrected chi connectivity index (χ3v) is 5.66. The zero-order chi connectivity index (χ0) is 22.3. The molecular weight excluding hydrogens is 399 g/mol. The van der Waals surface area contributed by atoms with Crippen LogP contribution in [0.3, 0.4) is 0 Å². The van der Waals surface area contributed by atoms with Crippen LogP contribution >= 0.6 is 0 Å². The number of amides is 1. The van der Waals surface area contributed by atoms with Crippen LogP contribution in [-0.4, -0.2) is 25.5 Å². The van der Waals surface area contributed by atoms with Gasteiger partial charge in [0, 0.05) is 19.3 Å². The predicted molar refractivity (Wildman–Crippen MR) is 129 cm³/mol. The predicted octanol–water partition coefficient (Wildman–Crippen LogP) is 5.39. The number of nitrogens with zero attached hydrogens (tertiary/aromatic N) is 1. The first kappa shape index (κ1) is 21.6. The van der Waals surface area contributed by atoms with Crippen molar-refractivity contribution in [2.75, 3.05) is 18.5 Å². The molecule has 4 aromatic rings. The summed E-state index contributed by atoms with van der Waals surface area (Å²) in [4.78, 5) is 15.0. The molecule has 0 aromatic heterocycles. The van der Waals surface area contributed by atoms with E-state index in [9.17, 15) is 9.18 Å². The first-order valence-electron chi connectivity index (χ1n) is 10.8. The van der Waals surface area contributed by atoms with Crippen LogP contribution < -0.4 is 10.2 Å². The molecule has 0 aliphatic heterocycles. The maximum absolute atomic E-state index is 13.7. The molecule has 0 aliphatic rings. The normalized spacial score (nSPS) is 11.8. The minimum atomic E-state index is -0.269. The van der Waals surface area contributed by atoms with E-state index in [0.29, 0.717) is 19.4 Å². The minimum Gasteiger partial charge on any atom is -0.372 e. The van der Waals surface area contributed by atoms with Crippen LogP contribution in [0.4, 0.5) is 10.1 Å². The standard InChI is InChI=1S/C28H27FN2O/c1-31(26-15-8-14-24(29)19-26)20-25(17-21-9-3-2-4-10-21)30-28(32)18-23-13-7-12-22-11-5-6-16-27(22)23/h2-16,19,25H,17-18,20H2,1H3,(H,30,32)/t25-/m0/s1. The lowest BCUT2D eigenvalue weighted by atomic mass is 10.0. The van der Waals surface area contributed by atoms with Crippen LogP contribution in [0, 0.1) is 5.82 Å². The monoisotopic (exact) mass is 426 g/mol. The number of fused-ring (bicyclic) bond motifs is 1. The maximum Gasteiger partial charge on any atom is 0.224 e. The number of anilines is 1. The van der Waals surface area contributed by atoms with Crippen molar-refractivity contribution in [3.05, 3.63) is 114 Å².